The minimum atomic E-state index is -0.953. The summed E-state index contributed by atoms with van der Waals surface area (Å²) in [5.74, 6) is 0.0163. The zero-order valence-electron chi connectivity index (χ0n) is 13.3. The number of hydrogen-bond donors (Lipinski definition) is 0. The number of nitro groups is 1. The number of carbonyl (C=O) groups is 2. The molecule has 25 heavy (non-hydrogen) atoms. The van der Waals surface area contributed by atoms with E-state index in [1.54, 1.807) is 24.1 Å². The van der Waals surface area contributed by atoms with Gasteiger partial charge in [-0.3, -0.25) is 14.9 Å². The van der Waals surface area contributed by atoms with Gasteiger partial charge in [-0.05, 0) is 17.7 Å². The van der Waals surface area contributed by atoms with Crippen LogP contribution in [0.3, 0.4) is 0 Å². The summed E-state index contributed by atoms with van der Waals surface area (Å²) in [5.41, 5.74) is 1.93. The molecular formula is C17H14N2O6. The van der Waals surface area contributed by atoms with Crippen LogP contribution in [-0.4, -0.2) is 28.9 Å². The Morgan fingerprint density at radius 2 is 1.96 bits per heavy atom. The lowest BCUT2D eigenvalue weighted by Crippen LogP contribution is -2.19. The molecule has 3 rings (SSSR count). The van der Waals surface area contributed by atoms with Gasteiger partial charge in [0.1, 0.15) is 12.4 Å². The third kappa shape index (κ3) is 3.42. The number of hydrogen-bond acceptors (Lipinski definition) is 6. The van der Waals surface area contributed by atoms with Crippen molar-refractivity contribution in [2.75, 3.05) is 7.05 Å². The standard InChI is InChI=1S/C17H14N2O6/c1-18-9-11-3-2-4-12(15(11)16(18)20)10-24-17(21)25-14-7-5-13(6-8-14)19(22)23/h2-8H,9-10H2,1H3. The van der Waals surface area contributed by atoms with Crippen molar-refractivity contribution in [3.05, 3.63) is 69.3 Å². The molecule has 0 radical (unpaired) electrons. The Hall–Kier alpha value is -3.42. The van der Waals surface area contributed by atoms with Crippen molar-refractivity contribution in [1.29, 1.82) is 0 Å². The van der Waals surface area contributed by atoms with Gasteiger partial charge in [-0.1, -0.05) is 18.2 Å². The van der Waals surface area contributed by atoms with Crippen LogP contribution in [0.4, 0.5) is 10.5 Å². The second-order valence-corrected chi connectivity index (χ2v) is 5.50. The van der Waals surface area contributed by atoms with E-state index < -0.39 is 11.1 Å². The number of fused-ring (bicyclic) bond motifs is 1. The second-order valence-electron chi connectivity index (χ2n) is 5.50. The smallest absolute Gasteiger partial charge is 0.429 e. The zero-order chi connectivity index (χ0) is 18.0. The van der Waals surface area contributed by atoms with Crippen molar-refractivity contribution in [2.24, 2.45) is 0 Å². The highest BCUT2D eigenvalue weighted by Gasteiger charge is 2.27. The topological polar surface area (TPSA) is 99.0 Å². The molecule has 0 aromatic heterocycles. The maximum atomic E-state index is 12.1. The minimum absolute atomic E-state index is 0.103. The van der Waals surface area contributed by atoms with Gasteiger partial charge in [0, 0.05) is 31.3 Å². The van der Waals surface area contributed by atoms with Crippen LogP contribution < -0.4 is 4.74 Å². The molecule has 1 aliphatic heterocycles. The highest BCUT2D eigenvalue weighted by Crippen LogP contribution is 2.25. The normalized spacial score (nSPS) is 12.7. The SMILES string of the molecule is CN1Cc2cccc(COC(=O)Oc3ccc([N+](=O)[O-])cc3)c2C1=O. The molecule has 128 valence electrons. The third-order valence-electron chi connectivity index (χ3n) is 3.80. The number of amides is 1. The molecule has 8 heteroatoms. The highest BCUT2D eigenvalue weighted by molar-refractivity contribution is 5.99. The summed E-state index contributed by atoms with van der Waals surface area (Å²) in [5, 5.41) is 10.6. The lowest BCUT2D eigenvalue weighted by Gasteiger charge is -2.09. The van der Waals surface area contributed by atoms with Crippen LogP contribution in [0.5, 0.6) is 5.75 Å². The van der Waals surface area contributed by atoms with E-state index in [1.807, 2.05) is 6.07 Å². The lowest BCUT2D eigenvalue weighted by molar-refractivity contribution is -0.384. The maximum absolute atomic E-state index is 12.1. The molecule has 0 saturated carbocycles. The number of non-ortho nitro benzene ring substituents is 1. The molecule has 0 atom stereocenters. The maximum Gasteiger partial charge on any atom is 0.514 e. The fraction of sp³-hybridized carbons (Fsp3) is 0.176. The Morgan fingerprint density at radius 1 is 1.24 bits per heavy atom. The number of benzene rings is 2. The van der Waals surface area contributed by atoms with Gasteiger partial charge in [0.05, 0.1) is 10.5 Å². The van der Waals surface area contributed by atoms with Gasteiger partial charge in [0.15, 0.2) is 0 Å². The van der Waals surface area contributed by atoms with Gasteiger partial charge in [0.2, 0.25) is 0 Å². The fourth-order valence-electron chi connectivity index (χ4n) is 2.60. The fourth-order valence-corrected chi connectivity index (χ4v) is 2.60. The number of carbonyl (C=O) groups excluding carboxylic acids is 2. The first-order chi connectivity index (χ1) is 12.0. The molecule has 0 fully saturated rings. The largest absolute Gasteiger partial charge is 0.514 e. The van der Waals surface area contributed by atoms with Crippen LogP contribution in [0.1, 0.15) is 21.5 Å². The van der Waals surface area contributed by atoms with Gasteiger partial charge < -0.3 is 14.4 Å². The summed E-state index contributed by atoms with van der Waals surface area (Å²) in [6.07, 6.45) is -0.953. The molecule has 0 bridgehead atoms. The first kappa shape index (κ1) is 16.4. The molecule has 1 aliphatic rings. The summed E-state index contributed by atoms with van der Waals surface area (Å²) in [6.45, 7) is 0.420. The quantitative estimate of drug-likeness (QED) is 0.367. The molecule has 1 amide bonds. The van der Waals surface area contributed by atoms with Crippen molar-refractivity contribution in [3.8, 4) is 5.75 Å². The molecule has 0 spiro atoms. The molecule has 2 aromatic rings. The molecule has 0 N–H and O–H groups in total. The van der Waals surface area contributed by atoms with Gasteiger partial charge >= 0.3 is 6.16 Å². The average Bonchev–Trinajstić information content (AvgIpc) is 2.88. The Morgan fingerprint density at radius 3 is 2.64 bits per heavy atom. The Balaban J connectivity index is 1.63. The van der Waals surface area contributed by atoms with Gasteiger partial charge in [-0.15, -0.1) is 0 Å². The molecule has 0 aliphatic carbocycles. The molecule has 1 heterocycles. The van der Waals surface area contributed by atoms with Crippen molar-refractivity contribution in [2.45, 2.75) is 13.2 Å². The van der Waals surface area contributed by atoms with E-state index in [1.165, 1.54) is 24.3 Å². The van der Waals surface area contributed by atoms with E-state index in [0.29, 0.717) is 17.7 Å². The average molecular weight is 342 g/mol. The first-order valence-electron chi connectivity index (χ1n) is 7.41. The van der Waals surface area contributed by atoms with Crippen LogP contribution >= 0.6 is 0 Å². The number of rotatable bonds is 4. The summed E-state index contributed by atoms with van der Waals surface area (Å²) in [6, 6.07) is 10.4. The van der Waals surface area contributed by atoms with Crippen LogP contribution in [-0.2, 0) is 17.9 Å². The Labute approximate surface area is 142 Å². The van der Waals surface area contributed by atoms with Crippen molar-refractivity contribution in [3.63, 3.8) is 0 Å². The molecular weight excluding hydrogens is 328 g/mol. The van der Waals surface area contributed by atoms with Crippen molar-refractivity contribution in [1.82, 2.24) is 4.90 Å². The summed E-state index contributed by atoms with van der Waals surface area (Å²) in [4.78, 5) is 35.5. The van der Waals surface area contributed by atoms with Crippen LogP contribution in [0, 0.1) is 10.1 Å². The highest BCUT2D eigenvalue weighted by atomic mass is 16.7. The van der Waals surface area contributed by atoms with Gasteiger partial charge in [-0.2, -0.15) is 0 Å². The minimum Gasteiger partial charge on any atom is -0.429 e. The second kappa shape index (κ2) is 6.60. The van der Waals surface area contributed by atoms with Crippen LogP contribution in [0.25, 0.3) is 0 Å². The van der Waals surface area contributed by atoms with Gasteiger partial charge in [-0.25, -0.2) is 4.79 Å². The first-order valence-corrected chi connectivity index (χ1v) is 7.41. The predicted octanol–water partition coefficient (Wildman–Crippen LogP) is 2.90. The predicted molar refractivity (Wildman–Crippen MR) is 86.1 cm³/mol. The molecule has 8 nitrogen and oxygen atoms in total. The number of ether oxygens (including phenoxy) is 2. The third-order valence-corrected chi connectivity index (χ3v) is 3.80. The summed E-state index contributed by atoms with van der Waals surface area (Å²) >= 11 is 0. The van der Waals surface area contributed by atoms with Crippen molar-refractivity contribution >= 4 is 17.7 Å². The number of nitro benzene ring substituents is 1. The molecule has 0 saturated heterocycles. The Kier molecular flexibility index (Phi) is 4.34. The van der Waals surface area contributed by atoms with Crippen LogP contribution in [0.15, 0.2) is 42.5 Å². The summed E-state index contributed by atoms with van der Waals surface area (Å²) < 4.78 is 10.0. The van der Waals surface area contributed by atoms with E-state index in [-0.39, 0.29) is 24.0 Å². The zero-order valence-corrected chi connectivity index (χ0v) is 13.3. The number of nitrogens with zero attached hydrogens (tertiary/aromatic N) is 2. The van der Waals surface area contributed by atoms with Crippen LogP contribution in [0.2, 0.25) is 0 Å². The van der Waals surface area contributed by atoms with E-state index in [9.17, 15) is 19.7 Å². The molecule has 2 aromatic carbocycles. The van der Waals surface area contributed by atoms with E-state index in [2.05, 4.69) is 0 Å². The van der Waals surface area contributed by atoms with Crippen molar-refractivity contribution < 1.29 is 24.0 Å². The lowest BCUT2D eigenvalue weighted by atomic mass is 10.0. The van der Waals surface area contributed by atoms with E-state index in [4.69, 9.17) is 9.47 Å². The molecule has 0 unspecified atom stereocenters. The van der Waals surface area contributed by atoms with E-state index in [0.717, 1.165) is 5.56 Å². The summed E-state index contributed by atoms with van der Waals surface area (Å²) in [7, 11) is 1.70. The van der Waals surface area contributed by atoms with Gasteiger partial charge in [0.25, 0.3) is 11.6 Å². The monoisotopic (exact) mass is 342 g/mol. The van der Waals surface area contributed by atoms with E-state index >= 15 is 0 Å². The Bertz CT molecular complexity index is 847.